The van der Waals surface area contributed by atoms with Crippen LogP contribution in [0.2, 0.25) is 0 Å². The largest absolute Gasteiger partial charge is 0.341 e. The van der Waals surface area contributed by atoms with E-state index in [2.05, 4.69) is 10.2 Å². The van der Waals surface area contributed by atoms with Crippen molar-refractivity contribution in [2.45, 2.75) is 46.6 Å². The third kappa shape index (κ3) is 5.56. The number of likely N-dealkylation sites (tertiary alicyclic amines) is 1. The second-order valence-electron chi connectivity index (χ2n) is 8.11. The normalized spacial score (nSPS) is 18.7. The van der Waals surface area contributed by atoms with E-state index in [4.69, 9.17) is 0 Å². The molecular weight excluding hydrogens is 314 g/mol. The van der Waals surface area contributed by atoms with Crippen molar-refractivity contribution in [2.24, 2.45) is 5.41 Å². The molecule has 1 saturated heterocycles. The summed E-state index contributed by atoms with van der Waals surface area (Å²) >= 11 is 0. The Morgan fingerprint density at radius 2 is 2.04 bits per heavy atom. The zero-order valence-electron chi connectivity index (χ0n) is 16.1. The van der Waals surface area contributed by atoms with Crippen molar-refractivity contribution in [2.75, 3.05) is 32.0 Å². The van der Waals surface area contributed by atoms with Gasteiger partial charge in [-0.25, -0.2) is 0 Å². The minimum atomic E-state index is -0.375. The predicted octanol–water partition coefficient (Wildman–Crippen LogP) is 2.90. The van der Waals surface area contributed by atoms with Gasteiger partial charge in [0.1, 0.15) is 0 Å². The van der Waals surface area contributed by atoms with Crippen LogP contribution in [-0.4, -0.2) is 54.3 Å². The number of rotatable bonds is 4. The number of likely N-dealkylation sites (N-methyl/N-ethyl adjacent to an activating group) is 1. The molecule has 1 aromatic rings. The number of nitrogens with one attached hydrogen (secondary N) is 1. The van der Waals surface area contributed by atoms with Crippen molar-refractivity contribution < 1.29 is 9.59 Å². The second-order valence-corrected chi connectivity index (χ2v) is 8.11. The molecule has 1 N–H and O–H groups in total. The smallest absolute Gasteiger partial charge is 0.238 e. The molecule has 0 saturated carbocycles. The van der Waals surface area contributed by atoms with Crippen molar-refractivity contribution in [1.82, 2.24) is 9.80 Å². The summed E-state index contributed by atoms with van der Waals surface area (Å²) in [5.41, 5.74) is 1.58. The molecule has 0 radical (unpaired) electrons. The third-order valence-electron chi connectivity index (χ3n) is 4.66. The number of piperidine rings is 1. The molecule has 5 nitrogen and oxygen atoms in total. The number of hydrogen-bond acceptors (Lipinski definition) is 3. The lowest BCUT2D eigenvalue weighted by Crippen LogP contribution is -2.52. The van der Waals surface area contributed by atoms with Crippen molar-refractivity contribution in [3.05, 3.63) is 29.8 Å². The Kier molecular flexibility index (Phi) is 6.22. The van der Waals surface area contributed by atoms with E-state index in [1.54, 1.807) is 0 Å². The van der Waals surface area contributed by atoms with Gasteiger partial charge in [0.25, 0.3) is 0 Å². The van der Waals surface area contributed by atoms with Crippen LogP contribution in [0.25, 0.3) is 0 Å². The SMILES string of the molecule is Cc1cccc(NC(=O)CN2CCCC(N(C)C(=O)C(C)(C)C)C2)c1. The van der Waals surface area contributed by atoms with Crippen LogP contribution in [0.3, 0.4) is 0 Å². The second kappa shape index (κ2) is 8.00. The molecule has 0 aliphatic carbocycles. The first-order valence-electron chi connectivity index (χ1n) is 9.03. The van der Waals surface area contributed by atoms with E-state index < -0.39 is 0 Å². The predicted molar refractivity (Wildman–Crippen MR) is 101 cm³/mol. The molecule has 0 aromatic heterocycles. The molecule has 2 rings (SSSR count). The lowest BCUT2D eigenvalue weighted by atomic mass is 9.93. The Balaban J connectivity index is 1.90. The maximum absolute atomic E-state index is 12.5. The Morgan fingerprint density at radius 1 is 1.32 bits per heavy atom. The third-order valence-corrected chi connectivity index (χ3v) is 4.66. The molecule has 5 heteroatoms. The van der Waals surface area contributed by atoms with Crippen LogP contribution in [0.15, 0.2) is 24.3 Å². The molecule has 1 fully saturated rings. The van der Waals surface area contributed by atoms with E-state index in [9.17, 15) is 9.59 Å². The summed E-state index contributed by atoms with van der Waals surface area (Å²) < 4.78 is 0. The van der Waals surface area contributed by atoms with Gasteiger partial charge < -0.3 is 10.2 Å². The number of anilines is 1. The van der Waals surface area contributed by atoms with E-state index in [0.29, 0.717) is 6.54 Å². The molecule has 0 spiro atoms. The molecule has 1 unspecified atom stereocenters. The highest BCUT2D eigenvalue weighted by molar-refractivity contribution is 5.92. The number of aryl methyl sites for hydroxylation is 1. The van der Waals surface area contributed by atoms with Crippen LogP contribution in [0.1, 0.15) is 39.2 Å². The zero-order chi connectivity index (χ0) is 18.6. The molecule has 0 bridgehead atoms. The minimum absolute atomic E-state index is 0.00366. The first-order valence-corrected chi connectivity index (χ1v) is 9.03. The quantitative estimate of drug-likeness (QED) is 0.913. The first-order chi connectivity index (χ1) is 11.7. The standard InChI is InChI=1S/C20H31N3O2/c1-15-8-6-9-16(12-15)21-18(24)14-23-11-7-10-17(13-23)22(5)19(25)20(2,3)4/h6,8-9,12,17H,7,10-11,13-14H2,1-5H3,(H,21,24). The van der Waals surface area contributed by atoms with Gasteiger partial charge in [0.15, 0.2) is 0 Å². The van der Waals surface area contributed by atoms with Crippen LogP contribution in [-0.2, 0) is 9.59 Å². The minimum Gasteiger partial charge on any atom is -0.341 e. The zero-order valence-corrected chi connectivity index (χ0v) is 16.1. The number of carbonyl (C=O) groups is 2. The lowest BCUT2D eigenvalue weighted by Gasteiger charge is -2.39. The summed E-state index contributed by atoms with van der Waals surface area (Å²) in [6.07, 6.45) is 2.00. The van der Waals surface area contributed by atoms with Gasteiger partial charge in [-0.2, -0.15) is 0 Å². The van der Waals surface area contributed by atoms with Crippen molar-refractivity contribution >= 4 is 17.5 Å². The van der Waals surface area contributed by atoms with Gasteiger partial charge in [-0.3, -0.25) is 14.5 Å². The summed E-state index contributed by atoms with van der Waals surface area (Å²) in [7, 11) is 1.88. The van der Waals surface area contributed by atoms with Gasteiger partial charge in [-0.15, -0.1) is 0 Å². The molecular formula is C20H31N3O2. The average molecular weight is 345 g/mol. The number of nitrogens with zero attached hydrogens (tertiary/aromatic N) is 2. The van der Waals surface area contributed by atoms with Crippen molar-refractivity contribution in [3.8, 4) is 0 Å². The summed E-state index contributed by atoms with van der Waals surface area (Å²) in [4.78, 5) is 28.8. The van der Waals surface area contributed by atoms with E-state index in [-0.39, 0.29) is 23.3 Å². The van der Waals surface area contributed by atoms with E-state index in [1.165, 1.54) is 0 Å². The van der Waals surface area contributed by atoms with Crippen LogP contribution < -0.4 is 5.32 Å². The van der Waals surface area contributed by atoms with E-state index in [1.807, 2.05) is 63.9 Å². The Bertz CT molecular complexity index is 622. The van der Waals surface area contributed by atoms with Crippen molar-refractivity contribution in [3.63, 3.8) is 0 Å². The van der Waals surface area contributed by atoms with Gasteiger partial charge in [-0.05, 0) is 44.0 Å². The molecule has 1 aliphatic heterocycles. The monoisotopic (exact) mass is 345 g/mol. The fourth-order valence-corrected chi connectivity index (χ4v) is 3.31. The molecule has 1 aromatic carbocycles. The molecule has 1 atom stereocenters. The van der Waals surface area contributed by atoms with Crippen LogP contribution in [0.5, 0.6) is 0 Å². The maximum Gasteiger partial charge on any atom is 0.238 e. The van der Waals surface area contributed by atoms with Gasteiger partial charge in [0, 0.05) is 30.7 Å². The Morgan fingerprint density at radius 3 is 2.68 bits per heavy atom. The van der Waals surface area contributed by atoms with Gasteiger partial charge in [0.2, 0.25) is 11.8 Å². The number of benzene rings is 1. The average Bonchev–Trinajstić information content (AvgIpc) is 2.52. The number of hydrogen-bond donors (Lipinski definition) is 1. The van der Waals surface area contributed by atoms with Crippen LogP contribution in [0, 0.1) is 12.3 Å². The molecule has 1 heterocycles. The van der Waals surface area contributed by atoms with E-state index >= 15 is 0 Å². The fourth-order valence-electron chi connectivity index (χ4n) is 3.31. The fraction of sp³-hybridized carbons (Fsp3) is 0.600. The molecule has 1 aliphatic rings. The van der Waals surface area contributed by atoms with E-state index in [0.717, 1.165) is 37.2 Å². The highest BCUT2D eigenvalue weighted by Crippen LogP contribution is 2.22. The lowest BCUT2D eigenvalue weighted by molar-refractivity contribution is -0.141. The summed E-state index contributed by atoms with van der Waals surface area (Å²) in [5.74, 6) is 0.152. The molecule has 25 heavy (non-hydrogen) atoms. The first kappa shape index (κ1) is 19.4. The maximum atomic E-state index is 12.5. The van der Waals surface area contributed by atoms with Crippen LogP contribution in [0.4, 0.5) is 5.69 Å². The summed E-state index contributed by atoms with van der Waals surface area (Å²) in [6, 6.07) is 7.99. The Hall–Kier alpha value is -1.88. The topological polar surface area (TPSA) is 52.7 Å². The van der Waals surface area contributed by atoms with Gasteiger partial charge in [0.05, 0.1) is 6.54 Å². The van der Waals surface area contributed by atoms with Gasteiger partial charge >= 0.3 is 0 Å². The molecule has 138 valence electrons. The summed E-state index contributed by atoms with van der Waals surface area (Å²) in [5, 5.41) is 2.96. The Labute approximate surface area is 151 Å². The summed E-state index contributed by atoms with van der Waals surface area (Å²) in [6.45, 7) is 9.86. The molecule has 2 amide bonds. The number of amides is 2. The number of carbonyl (C=O) groups excluding carboxylic acids is 2. The van der Waals surface area contributed by atoms with Gasteiger partial charge in [-0.1, -0.05) is 32.9 Å². The van der Waals surface area contributed by atoms with Crippen molar-refractivity contribution in [1.29, 1.82) is 0 Å². The van der Waals surface area contributed by atoms with Crippen LogP contribution >= 0.6 is 0 Å². The highest BCUT2D eigenvalue weighted by atomic mass is 16.2. The highest BCUT2D eigenvalue weighted by Gasteiger charge is 2.32.